The number of nitrogens with zero attached hydrogens (tertiary/aromatic N) is 2. The van der Waals surface area contributed by atoms with E-state index in [1.165, 1.54) is 0 Å². The Morgan fingerprint density at radius 3 is 2.42 bits per heavy atom. The van der Waals surface area contributed by atoms with E-state index < -0.39 is 24.0 Å². The third-order valence-corrected chi connectivity index (χ3v) is 4.09. The van der Waals surface area contributed by atoms with E-state index in [2.05, 4.69) is 0 Å². The van der Waals surface area contributed by atoms with E-state index in [0.29, 0.717) is 0 Å². The van der Waals surface area contributed by atoms with Gasteiger partial charge in [-0.3, -0.25) is 4.79 Å². The van der Waals surface area contributed by atoms with E-state index >= 15 is 0 Å². The average Bonchev–Trinajstić information content (AvgIpc) is 3.02. The van der Waals surface area contributed by atoms with E-state index in [0.717, 1.165) is 16.0 Å². The normalized spacial score (nSPS) is 17.9. The number of hydrogen-bond donors (Lipinski definition) is 0. The minimum Gasteiger partial charge on any atom is -0.446 e. The standard InChI is InChI=1S/C19H16N2O3/c20-12-11-16(14-7-3-1-4-8-14)18(22)21-17(13-24-19(21)23)15-9-5-2-6-10-15/h1-10,16-17H,11,13H2/t16?,17-/m1/s1. The van der Waals surface area contributed by atoms with Gasteiger partial charge in [-0.2, -0.15) is 5.26 Å². The third-order valence-electron chi connectivity index (χ3n) is 4.09. The molecule has 2 amide bonds. The molecule has 5 heteroatoms. The van der Waals surface area contributed by atoms with E-state index in [-0.39, 0.29) is 13.0 Å². The Hall–Kier alpha value is -3.13. The van der Waals surface area contributed by atoms with Crippen LogP contribution in [0.5, 0.6) is 0 Å². The molecule has 5 nitrogen and oxygen atoms in total. The lowest BCUT2D eigenvalue weighted by molar-refractivity contribution is -0.130. The average molecular weight is 320 g/mol. The Bertz CT molecular complexity index is 768. The summed E-state index contributed by atoms with van der Waals surface area (Å²) in [6, 6.07) is 19.9. The second-order valence-electron chi connectivity index (χ2n) is 5.54. The number of carbonyl (C=O) groups excluding carboxylic acids is 2. The number of amides is 2. The molecule has 0 aliphatic carbocycles. The van der Waals surface area contributed by atoms with Crippen molar-refractivity contribution < 1.29 is 14.3 Å². The number of imide groups is 1. The van der Waals surface area contributed by atoms with Crippen molar-refractivity contribution in [2.75, 3.05) is 6.61 Å². The lowest BCUT2D eigenvalue weighted by atomic mass is 9.94. The van der Waals surface area contributed by atoms with Crippen molar-refractivity contribution in [3.05, 3.63) is 71.8 Å². The number of rotatable bonds is 4. The largest absolute Gasteiger partial charge is 0.446 e. The molecule has 2 aromatic carbocycles. The minimum absolute atomic E-state index is 0.00807. The third kappa shape index (κ3) is 2.99. The molecule has 2 aromatic rings. The summed E-state index contributed by atoms with van der Waals surface area (Å²) in [5, 5.41) is 9.10. The molecular formula is C19H16N2O3. The summed E-state index contributed by atoms with van der Waals surface area (Å²) in [6.07, 6.45) is -0.651. The topological polar surface area (TPSA) is 70.4 Å². The van der Waals surface area contributed by atoms with Crippen LogP contribution in [0.4, 0.5) is 4.79 Å². The van der Waals surface area contributed by atoms with Gasteiger partial charge in [-0.1, -0.05) is 60.7 Å². The van der Waals surface area contributed by atoms with Crippen LogP contribution in [0.1, 0.15) is 29.5 Å². The van der Waals surface area contributed by atoms with Crippen LogP contribution >= 0.6 is 0 Å². The maximum atomic E-state index is 13.0. The smallest absolute Gasteiger partial charge is 0.417 e. The number of ether oxygens (including phenoxy) is 1. The summed E-state index contributed by atoms with van der Waals surface area (Å²) >= 11 is 0. The van der Waals surface area contributed by atoms with Gasteiger partial charge in [0.15, 0.2) is 0 Å². The fourth-order valence-corrected chi connectivity index (χ4v) is 2.88. The highest BCUT2D eigenvalue weighted by atomic mass is 16.6. The Balaban J connectivity index is 1.93. The van der Waals surface area contributed by atoms with Crippen molar-refractivity contribution in [2.45, 2.75) is 18.4 Å². The van der Waals surface area contributed by atoms with Crippen LogP contribution in [-0.2, 0) is 9.53 Å². The summed E-state index contributed by atoms with van der Waals surface area (Å²) in [5.41, 5.74) is 1.55. The highest BCUT2D eigenvalue weighted by molar-refractivity contribution is 5.97. The molecule has 3 rings (SSSR count). The van der Waals surface area contributed by atoms with Crippen LogP contribution in [0, 0.1) is 11.3 Å². The molecule has 2 atom stereocenters. The molecule has 0 radical (unpaired) electrons. The SMILES string of the molecule is N#CCC(C(=O)N1C(=O)OC[C@@H]1c1ccccc1)c1ccccc1. The Kier molecular flexibility index (Phi) is 4.57. The van der Waals surface area contributed by atoms with Gasteiger partial charge in [0, 0.05) is 0 Å². The maximum Gasteiger partial charge on any atom is 0.417 e. The zero-order valence-electron chi connectivity index (χ0n) is 13.0. The number of hydrogen-bond acceptors (Lipinski definition) is 4. The first-order valence-corrected chi connectivity index (χ1v) is 7.69. The molecule has 1 unspecified atom stereocenters. The predicted octanol–water partition coefficient (Wildman–Crippen LogP) is 3.40. The van der Waals surface area contributed by atoms with E-state index in [4.69, 9.17) is 10.00 Å². The van der Waals surface area contributed by atoms with Gasteiger partial charge in [0.05, 0.1) is 18.4 Å². The van der Waals surface area contributed by atoms with Crippen molar-refractivity contribution in [1.29, 1.82) is 5.26 Å². The molecule has 0 saturated carbocycles. The van der Waals surface area contributed by atoms with E-state index in [1.54, 1.807) is 12.1 Å². The molecule has 1 fully saturated rings. The van der Waals surface area contributed by atoms with Crippen molar-refractivity contribution in [1.82, 2.24) is 4.90 Å². The highest BCUT2D eigenvalue weighted by Gasteiger charge is 2.41. The monoisotopic (exact) mass is 320 g/mol. The molecular weight excluding hydrogens is 304 g/mol. The Morgan fingerprint density at radius 1 is 1.17 bits per heavy atom. The summed E-state index contributed by atoms with van der Waals surface area (Å²) in [7, 11) is 0. The van der Waals surface area contributed by atoms with Crippen LogP contribution in [0.2, 0.25) is 0 Å². The molecule has 1 aliphatic rings. The summed E-state index contributed by atoms with van der Waals surface area (Å²) in [4.78, 5) is 26.3. The van der Waals surface area contributed by atoms with E-state index in [1.807, 2.05) is 54.6 Å². The molecule has 24 heavy (non-hydrogen) atoms. The quantitative estimate of drug-likeness (QED) is 0.865. The summed E-state index contributed by atoms with van der Waals surface area (Å²) in [5.74, 6) is -1.09. The zero-order valence-corrected chi connectivity index (χ0v) is 13.0. The van der Waals surface area contributed by atoms with Gasteiger partial charge in [0.25, 0.3) is 0 Å². The summed E-state index contributed by atoms with van der Waals surface area (Å²) < 4.78 is 5.10. The second-order valence-corrected chi connectivity index (χ2v) is 5.54. The number of benzene rings is 2. The van der Waals surface area contributed by atoms with Crippen molar-refractivity contribution in [3.63, 3.8) is 0 Å². The molecule has 0 bridgehead atoms. The highest BCUT2D eigenvalue weighted by Crippen LogP contribution is 2.32. The van der Waals surface area contributed by atoms with Gasteiger partial charge >= 0.3 is 6.09 Å². The van der Waals surface area contributed by atoms with E-state index in [9.17, 15) is 9.59 Å². The van der Waals surface area contributed by atoms with Crippen LogP contribution in [0.15, 0.2) is 60.7 Å². The Labute approximate surface area is 140 Å². The van der Waals surface area contributed by atoms with Crippen LogP contribution < -0.4 is 0 Å². The Morgan fingerprint density at radius 2 is 1.79 bits per heavy atom. The molecule has 120 valence electrons. The molecule has 1 aliphatic heterocycles. The first-order valence-electron chi connectivity index (χ1n) is 7.69. The van der Waals surface area contributed by atoms with Gasteiger partial charge in [-0.15, -0.1) is 0 Å². The first kappa shape index (κ1) is 15.8. The van der Waals surface area contributed by atoms with Gasteiger partial charge in [0.1, 0.15) is 12.6 Å². The fourth-order valence-electron chi connectivity index (χ4n) is 2.88. The number of carbonyl (C=O) groups is 2. The van der Waals surface area contributed by atoms with Gasteiger partial charge in [0.2, 0.25) is 5.91 Å². The molecule has 0 N–H and O–H groups in total. The molecule has 0 aromatic heterocycles. The molecule has 1 heterocycles. The van der Waals surface area contributed by atoms with Gasteiger partial charge in [-0.25, -0.2) is 9.69 Å². The predicted molar refractivity (Wildman–Crippen MR) is 86.8 cm³/mol. The minimum atomic E-state index is -0.687. The summed E-state index contributed by atoms with van der Waals surface area (Å²) in [6.45, 7) is 0.128. The second kappa shape index (κ2) is 6.97. The van der Waals surface area contributed by atoms with Crippen molar-refractivity contribution >= 4 is 12.0 Å². The number of nitriles is 1. The first-order chi connectivity index (χ1) is 11.7. The van der Waals surface area contributed by atoms with Crippen LogP contribution in [0.3, 0.4) is 0 Å². The van der Waals surface area contributed by atoms with Crippen molar-refractivity contribution in [2.24, 2.45) is 0 Å². The lowest BCUT2D eigenvalue weighted by Crippen LogP contribution is -2.37. The lowest BCUT2D eigenvalue weighted by Gasteiger charge is -2.24. The molecule has 0 spiro atoms. The molecule has 1 saturated heterocycles. The van der Waals surface area contributed by atoms with Gasteiger partial charge in [-0.05, 0) is 11.1 Å². The fraction of sp³-hybridized carbons (Fsp3) is 0.211. The van der Waals surface area contributed by atoms with Crippen LogP contribution in [0.25, 0.3) is 0 Å². The number of cyclic esters (lactones) is 1. The maximum absolute atomic E-state index is 13.0. The van der Waals surface area contributed by atoms with Crippen molar-refractivity contribution in [3.8, 4) is 6.07 Å². The van der Waals surface area contributed by atoms with Crippen LogP contribution in [-0.4, -0.2) is 23.5 Å². The zero-order chi connectivity index (χ0) is 16.9. The van der Waals surface area contributed by atoms with Gasteiger partial charge < -0.3 is 4.74 Å².